The highest BCUT2D eigenvalue weighted by molar-refractivity contribution is 7.84. The molecule has 9 heteroatoms. The Kier molecular flexibility index (Phi) is 6.96. The van der Waals surface area contributed by atoms with Gasteiger partial charge in [0.2, 0.25) is 0 Å². The van der Waals surface area contributed by atoms with Crippen molar-refractivity contribution in [1.29, 1.82) is 0 Å². The summed E-state index contributed by atoms with van der Waals surface area (Å²) in [6.45, 7) is 3.98. The summed E-state index contributed by atoms with van der Waals surface area (Å²) < 4.78 is 35.8. The maximum atomic E-state index is 12.9. The van der Waals surface area contributed by atoms with Crippen LogP contribution in [0.2, 0.25) is 0 Å². The van der Waals surface area contributed by atoms with Crippen molar-refractivity contribution in [2.45, 2.75) is 36.5 Å². The number of hydrogen-bond donors (Lipinski definition) is 1. The molecule has 0 bridgehead atoms. The summed E-state index contributed by atoms with van der Waals surface area (Å²) in [6, 6.07) is 9.44. The van der Waals surface area contributed by atoms with Gasteiger partial charge in [-0.05, 0) is 31.5 Å². The molecule has 1 fully saturated rings. The Balaban J connectivity index is 1.41. The van der Waals surface area contributed by atoms with Crippen LogP contribution in [-0.4, -0.2) is 58.5 Å². The van der Waals surface area contributed by atoms with Gasteiger partial charge in [-0.3, -0.25) is 9.19 Å². The molecule has 1 atom stereocenters. The number of methoxy groups -OCH3 is 1. The fourth-order valence-corrected chi connectivity index (χ4v) is 4.64. The maximum Gasteiger partial charge on any atom is 0.197 e. The number of H-pyrrole nitrogens is 1. The van der Waals surface area contributed by atoms with Gasteiger partial charge in [0.1, 0.15) is 12.4 Å². The van der Waals surface area contributed by atoms with Crippen molar-refractivity contribution < 1.29 is 23.2 Å². The van der Waals surface area contributed by atoms with E-state index < -0.39 is 16.6 Å². The summed E-state index contributed by atoms with van der Waals surface area (Å²) in [6.07, 6.45) is 3.09. The van der Waals surface area contributed by atoms with Gasteiger partial charge in [-0.2, -0.15) is 0 Å². The van der Waals surface area contributed by atoms with E-state index >= 15 is 0 Å². The number of nitrogens with one attached hydrogen (secondary N) is 1. The molecule has 0 saturated carbocycles. The molecule has 1 saturated heterocycles. The molecule has 1 unspecified atom stereocenters. The largest absolute Gasteiger partial charge is 0.493 e. The maximum absolute atomic E-state index is 12.9. The monoisotopic (exact) mass is 445 g/mol. The molecule has 3 heterocycles. The number of hydrogen-bond acceptors (Lipinski definition) is 7. The van der Waals surface area contributed by atoms with Gasteiger partial charge in [0.15, 0.2) is 10.9 Å². The summed E-state index contributed by atoms with van der Waals surface area (Å²) in [5.41, 5.74) is 3.24. The molecule has 0 radical (unpaired) electrons. The molecule has 4 rings (SSSR count). The average Bonchev–Trinajstić information content (AvgIpc) is 3.22. The molecule has 1 aliphatic heterocycles. The van der Waals surface area contributed by atoms with E-state index in [1.807, 2.05) is 37.3 Å². The quantitative estimate of drug-likeness (QED) is 0.541. The number of fused-ring (bicyclic) bond motifs is 1. The summed E-state index contributed by atoms with van der Waals surface area (Å²) in [4.78, 5) is 12.0. The third-order valence-electron chi connectivity index (χ3n) is 5.23. The van der Waals surface area contributed by atoms with Gasteiger partial charge >= 0.3 is 0 Å². The summed E-state index contributed by atoms with van der Waals surface area (Å²) in [5.74, 6) is 0.192. The third-order valence-corrected chi connectivity index (χ3v) is 6.39. The smallest absolute Gasteiger partial charge is 0.197 e. The molecule has 8 nitrogen and oxygen atoms in total. The van der Waals surface area contributed by atoms with Gasteiger partial charge in [0.25, 0.3) is 0 Å². The van der Waals surface area contributed by atoms with E-state index in [0.717, 1.165) is 23.0 Å². The van der Waals surface area contributed by atoms with E-state index in [2.05, 4.69) is 15.0 Å². The number of pyridine rings is 1. The number of para-hydroxylation sites is 2. The second-order valence-electron chi connectivity index (χ2n) is 7.42. The molecule has 2 aromatic heterocycles. The topological polar surface area (TPSA) is 95.6 Å². The van der Waals surface area contributed by atoms with E-state index in [-0.39, 0.29) is 5.75 Å². The molecule has 166 valence electrons. The number of benzene rings is 1. The fraction of sp³-hybridized carbons (Fsp3) is 0.455. The lowest BCUT2D eigenvalue weighted by atomic mass is 10.2. The molecule has 1 aliphatic rings. The zero-order valence-corrected chi connectivity index (χ0v) is 18.6. The zero-order valence-electron chi connectivity index (χ0n) is 17.8. The van der Waals surface area contributed by atoms with Gasteiger partial charge in [-0.1, -0.05) is 12.1 Å². The second-order valence-corrected chi connectivity index (χ2v) is 8.79. The Labute approximate surface area is 183 Å². The lowest BCUT2D eigenvalue weighted by Crippen LogP contribution is -2.45. The Morgan fingerprint density at radius 1 is 1.23 bits per heavy atom. The van der Waals surface area contributed by atoms with Crippen LogP contribution in [0.25, 0.3) is 11.0 Å². The first-order valence-electron chi connectivity index (χ1n) is 10.3. The minimum atomic E-state index is -1.35. The molecular weight excluding hydrogens is 418 g/mol. The van der Waals surface area contributed by atoms with Crippen molar-refractivity contribution in [3.05, 3.63) is 47.8 Å². The van der Waals surface area contributed by atoms with E-state index in [1.165, 1.54) is 0 Å². The van der Waals surface area contributed by atoms with Gasteiger partial charge in [-0.15, -0.1) is 0 Å². The summed E-state index contributed by atoms with van der Waals surface area (Å²) in [5, 5.41) is 0.446. The van der Waals surface area contributed by atoms with E-state index in [0.29, 0.717) is 49.4 Å². The number of nitrogens with zero attached hydrogens (tertiary/aromatic N) is 2. The number of rotatable bonds is 9. The number of imidazole rings is 1. The first kappa shape index (κ1) is 21.9. The van der Waals surface area contributed by atoms with Crippen molar-refractivity contribution in [3.63, 3.8) is 0 Å². The highest BCUT2D eigenvalue weighted by Gasteiger charge is 2.34. The number of aromatic nitrogens is 3. The van der Waals surface area contributed by atoms with Crippen LogP contribution < -0.4 is 4.74 Å². The highest BCUT2D eigenvalue weighted by Crippen LogP contribution is 2.26. The highest BCUT2D eigenvalue weighted by atomic mass is 32.2. The summed E-state index contributed by atoms with van der Waals surface area (Å²) >= 11 is 0. The second kappa shape index (κ2) is 9.86. The average molecular weight is 446 g/mol. The Hall–Kier alpha value is -2.33. The van der Waals surface area contributed by atoms with Crippen molar-refractivity contribution in [3.8, 4) is 5.75 Å². The molecular formula is C22H27N3O5S. The van der Waals surface area contributed by atoms with Crippen LogP contribution in [0.4, 0.5) is 0 Å². The van der Waals surface area contributed by atoms with Crippen molar-refractivity contribution in [2.24, 2.45) is 0 Å². The number of ether oxygens (including phenoxy) is 4. The van der Waals surface area contributed by atoms with Gasteiger partial charge in [0, 0.05) is 25.3 Å². The Morgan fingerprint density at radius 2 is 2.03 bits per heavy atom. The van der Waals surface area contributed by atoms with Crippen LogP contribution in [0.3, 0.4) is 0 Å². The Bertz CT molecular complexity index is 1010. The minimum absolute atomic E-state index is 0.253. The predicted molar refractivity (Wildman–Crippen MR) is 116 cm³/mol. The van der Waals surface area contributed by atoms with E-state index in [1.54, 1.807) is 13.3 Å². The molecule has 0 amide bonds. The minimum Gasteiger partial charge on any atom is -0.493 e. The molecule has 1 N–H and O–H groups in total. The normalized spacial score (nSPS) is 17.0. The first-order valence-corrected chi connectivity index (χ1v) is 11.6. The Morgan fingerprint density at radius 3 is 2.81 bits per heavy atom. The van der Waals surface area contributed by atoms with Crippen molar-refractivity contribution in [2.75, 3.05) is 33.5 Å². The van der Waals surface area contributed by atoms with E-state index in [4.69, 9.17) is 18.9 Å². The standard InChI is InChI=1S/C22H27N3O5S/c1-16-19(14-31(26)21-24-17-6-3-4-7-18(17)25-21)23-10-8-20(16)28-13-9-22(15-27-2)29-11-5-12-30-22/h3-4,6-8,10H,5,9,11-15H2,1-2H3,(H,24,25). The van der Waals surface area contributed by atoms with Gasteiger partial charge in [-0.25, -0.2) is 4.98 Å². The molecule has 0 aliphatic carbocycles. The van der Waals surface area contributed by atoms with E-state index in [9.17, 15) is 4.21 Å². The van der Waals surface area contributed by atoms with Gasteiger partial charge in [0.05, 0.1) is 53.1 Å². The fourth-order valence-electron chi connectivity index (χ4n) is 3.54. The first-order chi connectivity index (χ1) is 15.1. The van der Waals surface area contributed by atoms with Crippen LogP contribution in [0.5, 0.6) is 5.75 Å². The molecule has 1 aromatic carbocycles. The molecule has 31 heavy (non-hydrogen) atoms. The van der Waals surface area contributed by atoms with Crippen molar-refractivity contribution >= 4 is 21.8 Å². The SMILES string of the molecule is COCC1(CCOc2ccnc(CS(=O)c3nc4ccccc4[nH]3)c2C)OCCCO1. The molecule has 0 spiro atoms. The van der Waals surface area contributed by atoms with Crippen LogP contribution >= 0.6 is 0 Å². The predicted octanol–water partition coefficient (Wildman–Crippen LogP) is 3.12. The van der Waals surface area contributed by atoms with Crippen LogP contribution in [0.1, 0.15) is 24.1 Å². The molecule has 3 aromatic rings. The van der Waals surface area contributed by atoms with Gasteiger partial charge < -0.3 is 23.9 Å². The van der Waals surface area contributed by atoms with Crippen LogP contribution in [0.15, 0.2) is 41.7 Å². The summed E-state index contributed by atoms with van der Waals surface area (Å²) in [7, 11) is 0.284. The van der Waals surface area contributed by atoms with Crippen LogP contribution in [-0.2, 0) is 30.8 Å². The van der Waals surface area contributed by atoms with Crippen LogP contribution in [0, 0.1) is 6.92 Å². The lowest BCUT2D eigenvalue weighted by Gasteiger charge is -2.36. The van der Waals surface area contributed by atoms with Crippen molar-refractivity contribution in [1.82, 2.24) is 15.0 Å². The number of aromatic amines is 1. The zero-order chi connectivity index (χ0) is 21.7. The lowest BCUT2D eigenvalue weighted by molar-refractivity contribution is -0.289. The third kappa shape index (κ3) is 5.12.